The van der Waals surface area contributed by atoms with Crippen LogP contribution in [0.15, 0.2) is 47.1 Å². The molecule has 5 nitrogen and oxygen atoms in total. The quantitative estimate of drug-likeness (QED) is 0.860. The van der Waals surface area contributed by atoms with Crippen molar-refractivity contribution in [3.8, 4) is 0 Å². The summed E-state index contributed by atoms with van der Waals surface area (Å²) in [6.07, 6.45) is -3.19. The minimum Gasteiger partial charge on any atom is -0.459 e. The van der Waals surface area contributed by atoms with Crippen molar-refractivity contribution in [1.29, 1.82) is 0 Å². The molecule has 8 heteroatoms. The maximum atomic E-state index is 12.7. The molecule has 1 unspecified atom stereocenters. The van der Waals surface area contributed by atoms with Crippen LogP contribution >= 0.6 is 0 Å². The second-order valence-electron chi connectivity index (χ2n) is 5.74. The molecule has 0 fully saturated rings. The second kappa shape index (κ2) is 7.42. The zero-order valence-electron chi connectivity index (χ0n) is 13.6. The lowest BCUT2D eigenvalue weighted by atomic mass is 10.0. The summed E-state index contributed by atoms with van der Waals surface area (Å²) in [7, 11) is 0. The molecule has 0 radical (unpaired) electrons. The number of amides is 2. The molecule has 0 bridgehead atoms. The van der Waals surface area contributed by atoms with Crippen molar-refractivity contribution >= 4 is 17.5 Å². The van der Waals surface area contributed by atoms with Gasteiger partial charge in [-0.3, -0.25) is 9.59 Å². The van der Waals surface area contributed by atoms with Crippen LogP contribution in [0, 0.1) is 5.92 Å². The highest BCUT2D eigenvalue weighted by molar-refractivity contribution is 6.00. The Hall–Kier alpha value is -2.77. The van der Waals surface area contributed by atoms with Crippen molar-refractivity contribution in [2.45, 2.75) is 26.1 Å². The third kappa shape index (κ3) is 4.85. The molecule has 2 aromatic rings. The highest BCUT2D eigenvalue weighted by Crippen LogP contribution is 2.30. The number of halogens is 3. The third-order valence-electron chi connectivity index (χ3n) is 3.44. The van der Waals surface area contributed by atoms with Crippen LogP contribution in [0.2, 0.25) is 0 Å². The van der Waals surface area contributed by atoms with Crippen LogP contribution in [0.3, 0.4) is 0 Å². The van der Waals surface area contributed by atoms with Gasteiger partial charge in [-0.05, 0) is 36.2 Å². The number of nitrogens with one attached hydrogen (secondary N) is 2. The van der Waals surface area contributed by atoms with Crippen molar-refractivity contribution in [3.63, 3.8) is 0 Å². The molecule has 0 aliphatic heterocycles. The Labute approximate surface area is 142 Å². The molecule has 0 spiro atoms. The fourth-order valence-electron chi connectivity index (χ4n) is 2.15. The molecule has 2 N–H and O–H groups in total. The average molecular weight is 354 g/mol. The van der Waals surface area contributed by atoms with Crippen LogP contribution in [0.4, 0.5) is 18.9 Å². The van der Waals surface area contributed by atoms with E-state index in [9.17, 15) is 22.8 Å². The monoisotopic (exact) mass is 354 g/mol. The minimum absolute atomic E-state index is 0.00211. The van der Waals surface area contributed by atoms with Crippen molar-refractivity contribution in [2.24, 2.45) is 5.92 Å². The van der Waals surface area contributed by atoms with E-state index in [1.807, 2.05) is 0 Å². The Bertz CT molecular complexity index is 740. The van der Waals surface area contributed by atoms with E-state index in [0.29, 0.717) is 0 Å². The standard InChI is InChI=1S/C17H17F3N2O3/c1-10(2)14(22-15(23)13-7-4-8-25-13)16(24)21-12-6-3-5-11(9-12)17(18,19)20/h3-10,14H,1-2H3,(H,21,24)(H,22,23). The van der Waals surface area contributed by atoms with E-state index in [2.05, 4.69) is 10.6 Å². The number of furan rings is 1. The van der Waals surface area contributed by atoms with E-state index in [1.165, 1.54) is 30.5 Å². The number of hydrogen-bond acceptors (Lipinski definition) is 3. The van der Waals surface area contributed by atoms with Crippen LogP contribution in [-0.2, 0) is 11.0 Å². The Morgan fingerprint density at radius 3 is 2.40 bits per heavy atom. The maximum absolute atomic E-state index is 12.7. The Kier molecular flexibility index (Phi) is 5.51. The summed E-state index contributed by atoms with van der Waals surface area (Å²) in [6, 6.07) is 6.33. The zero-order chi connectivity index (χ0) is 18.6. The molecule has 25 heavy (non-hydrogen) atoms. The number of rotatable bonds is 5. The third-order valence-corrected chi connectivity index (χ3v) is 3.44. The summed E-state index contributed by atoms with van der Waals surface area (Å²) in [4.78, 5) is 24.4. The van der Waals surface area contributed by atoms with Gasteiger partial charge in [0.25, 0.3) is 5.91 Å². The number of hydrogen-bond donors (Lipinski definition) is 2. The maximum Gasteiger partial charge on any atom is 0.416 e. The molecule has 0 saturated heterocycles. The van der Waals surface area contributed by atoms with Crippen LogP contribution in [0.1, 0.15) is 30.0 Å². The fourth-order valence-corrected chi connectivity index (χ4v) is 2.15. The Balaban J connectivity index is 2.12. The summed E-state index contributed by atoms with van der Waals surface area (Å²) in [5.41, 5.74) is -0.872. The van der Waals surface area contributed by atoms with Crippen LogP contribution in [-0.4, -0.2) is 17.9 Å². The lowest BCUT2D eigenvalue weighted by Crippen LogP contribution is -2.47. The molecule has 0 aliphatic carbocycles. The topological polar surface area (TPSA) is 71.3 Å². The average Bonchev–Trinajstić information content (AvgIpc) is 3.06. The van der Waals surface area contributed by atoms with Crippen LogP contribution in [0.5, 0.6) is 0 Å². The Morgan fingerprint density at radius 2 is 1.84 bits per heavy atom. The molecule has 134 valence electrons. The van der Waals surface area contributed by atoms with E-state index in [1.54, 1.807) is 13.8 Å². The molecule has 2 amide bonds. The molecule has 0 saturated carbocycles. The van der Waals surface area contributed by atoms with Crippen LogP contribution in [0.25, 0.3) is 0 Å². The van der Waals surface area contributed by atoms with Crippen molar-refractivity contribution in [1.82, 2.24) is 5.32 Å². The normalized spacial score (nSPS) is 12.7. The summed E-state index contributed by atoms with van der Waals surface area (Å²) >= 11 is 0. The summed E-state index contributed by atoms with van der Waals surface area (Å²) in [5.74, 6) is -1.45. The van der Waals surface area contributed by atoms with E-state index < -0.39 is 29.6 Å². The fraction of sp³-hybridized carbons (Fsp3) is 0.294. The number of benzene rings is 1. The number of anilines is 1. The first-order chi connectivity index (χ1) is 11.7. The smallest absolute Gasteiger partial charge is 0.416 e. The first-order valence-corrected chi connectivity index (χ1v) is 7.51. The minimum atomic E-state index is -4.51. The van der Waals surface area contributed by atoms with Gasteiger partial charge in [0.05, 0.1) is 11.8 Å². The summed E-state index contributed by atoms with van der Waals surface area (Å²) in [5, 5.41) is 4.92. The molecular formula is C17H17F3N2O3. The summed E-state index contributed by atoms with van der Waals surface area (Å²) < 4.78 is 43.2. The highest BCUT2D eigenvalue weighted by atomic mass is 19.4. The first kappa shape index (κ1) is 18.6. The van der Waals surface area contributed by atoms with Gasteiger partial charge in [0.1, 0.15) is 6.04 Å². The van der Waals surface area contributed by atoms with Gasteiger partial charge in [-0.1, -0.05) is 19.9 Å². The first-order valence-electron chi connectivity index (χ1n) is 7.51. The predicted octanol–water partition coefficient (Wildman–Crippen LogP) is 3.69. The lowest BCUT2D eigenvalue weighted by molar-refractivity contribution is -0.137. The highest BCUT2D eigenvalue weighted by Gasteiger charge is 2.31. The van der Waals surface area contributed by atoms with Crippen molar-refractivity contribution in [3.05, 3.63) is 54.0 Å². The number of alkyl halides is 3. The van der Waals surface area contributed by atoms with E-state index in [-0.39, 0.29) is 17.4 Å². The summed E-state index contributed by atoms with van der Waals surface area (Å²) in [6.45, 7) is 3.41. The van der Waals surface area contributed by atoms with E-state index >= 15 is 0 Å². The van der Waals surface area contributed by atoms with Gasteiger partial charge in [0.15, 0.2) is 5.76 Å². The van der Waals surface area contributed by atoms with E-state index in [4.69, 9.17) is 4.42 Å². The van der Waals surface area contributed by atoms with Gasteiger partial charge in [-0.15, -0.1) is 0 Å². The molecule has 1 aromatic heterocycles. The molecular weight excluding hydrogens is 337 g/mol. The molecule has 1 aromatic carbocycles. The number of carbonyl (C=O) groups is 2. The van der Waals surface area contributed by atoms with Crippen LogP contribution < -0.4 is 10.6 Å². The van der Waals surface area contributed by atoms with Gasteiger partial charge < -0.3 is 15.1 Å². The van der Waals surface area contributed by atoms with Crippen molar-refractivity contribution in [2.75, 3.05) is 5.32 Å². The SMILES string of the molecule is CC(C)C(NC(=O)c1ccco1)C(=O)Nc1cccc(C(F)(F)F)c1. The lowest BCUT2D eigenvalue weighted by Gasteiger charge is -2.21. The molecule has 1 heterocycles. The van der Waals surface area contributed by atoms with E-state index in [0.717, 1.165) is 12.1 Å². The molecule has 0 aliphatic rings. The molecule has 1 atom stereocenters. The Morgan fingerprint density at radius 1 is 1.12 bits per heavy atom. The van der Waals surface area contributed by atoms with Gasteiger partial charge in [0, 0.05) is 5.69 Å². The second-order valence-corrected chi connectivity index (χ2v) is 5.74. The number of carbonyl (C=O) groups excluding carboxylic acids is 2. The van der Waals surface area contributed by atoms with Crippen molar-refractivity contribution < 1.29 is 27.2 Å². The van der Waals surface area contributed by atoms with Gasteiger partial charge >= 0.3 is 6.18 Å². The predicted molar refractivity (Wildman–Crippen MR) is 84.9 cm³/mol. The van der Waals surface area contributed by atoms with Gasteiger partial charge in [-0.2, -0.15) is 13.2 Å². The molecule has 2 rings (SSSR count). The van der Waals surface area contributed by atoms with Gasteiger partial charge in [-0.25, -0.2) is 0 Å². The van der Waals surface area contributed by atoms with Gasteiger partial charge in [0.2, 0.25) is 5.91 Å². The zero-order valence-corrected chi connectivity index (χ0v) is 13.6. The largest absolute Gasteiger partial charge is 0.459 e.